The van der Waals surface area contributed by atoms with Crippen LogP contribution in [0, 0.1) is 58.2 Å². The van der Waals surface area contributed by atoms with Crippen LogP contribution in [0.3, 0.4) is 0 Å². The maximum Gasteiger partial charge on any atom is 0.0431 e. The second kappa shape index (κ2) is 14.4. The Hall–Kier alpha value is -0.600. The molecule has 6 rings (SSSR count). The van der Waals surface area contributed by atoms with E-state index >= 15 is 0 Å². The standard InChI is InChI=1S/C41H68O2/c1-3-31(29-41(25-13-27-43)38-20-10-6-16-34(38)35-17-7-11-21-39(35)41)23-22-30(2)28-40(24-12-26-42)36-18-8-4-14-32(36)33-15-5-9-19-37(33)40/h4,8,30-34,36-38,42-43H,3,5-7,9-29H2,1-2H3/t30-,31?,32?,33+,34?,36?,37?,38?,40?,41?/m1/s1. The molecule has 6 aliphatic carbocycles. The molecule has 2 nitrogen and oxygen atoms in total. The minimum absolute atomic E-state index is 0.366. The van der Waals surface area contributed by atoms with Crippen molar-refractivity contribution in [3.63, 3.8) is 0 Å². The molecule has 0 spiro atoms. The van der Waals surface area contributed by atoms with Gasteiger partial charge in [0.25, 0.3) is 0 Å². The first-order valence-corrected chi connectivity index (χ1v) is 19.7. The molecule has 0 heterocycles. The van der Waals surface area contributed by atoms with E-state index in [1.54, 1.807) is 0 Å². The van der Waals surface area contributed by atoms with Crippen molar-refractivity contribution < 1.29 is 10.2 Å². The molecule has 8 unspecified atom stereocenters. The van der Waals surface area contributed by atoms with Crippen LogP contribution in [-0.4, -0.2) is 23.4 Å². The monoisotopic (exact) mass is 593 g/mol. The molecular weight excluding hydrogens is 524 g/mol. The molecule has 244 valence electrons. The highest BCUT2D eigenvalue weighted by molar-refractivity contribution is 5.36. The van der Waals surface area contributed by atoms with Crippen molar-refractivity contribution >= 4 is 0 Å². The van der Waals surface area contributed by atoms with Gasteiger partial charge in [0.2, 0.25) is 0 Å². The highest BCUT2D eigenvalue weighted by Crippen LogP contribution is 2.67. The topological polar surface area (TPSA) is 40.5 Å². The van der Waals surface area contributed by atoms with Gasteiger partial charge >= 0.3 is 0 Å². The van der Waals surface area contributed by atoms with Gasteiger partial charge in [-0.1, -0.05) is 82.1 Å². The number of hydrogen-bond acceptors (Lipinski definition) is 2. The van der Waals surface area contributed by atoms with Crippen LogP contribution in [0.1, 0.15) is 162 Å². The summed E-state index contributed by atoms with van der Waals surface area (Å²) in [5.74, 6) is 7.00. The maximum absolute atomic E-state index is 10.1. The summed E-state index contributed by atoms with van der Waals surface area (Å²) in [4.78, 5) is 0. The predicted molar refractivity (Wildman–Crippen MR) is 181 cm³/mol. The van der Waals surface area contributed by atoms with Crippen molar-refractivity contribution in [2.24, 2.45) is 58.2 Å². The van der Waals surface area contributed by atoms with Crippen molar-refractivity contribution in [3.8, 4) is 0 Å². The summed E-state index contributed by atoms with van der Waals surface area (Å²) in [7, 11) is 0. The lowest BCUT2D eigenvalue weighted by molar-refractivity contribution is 0.0397. The van der Waals surface area contributed by atoms with Crippen LogP contribution in [0.5, 0.6) is 0 Å². The zero-order valence-electron chi connectivity index (χ0n) is 28.3. The highest BCUT2D eigenvalue weighted by atomic mass is 16.3. The first-order valence-electron chi connectivity index (χ1n) is 19.7. The zero-order valence-corrected chi connectivity index (χ0v) is 28.3. The van der Waals surface area contributed by atoms with Gasteiger partial charge in [0.15, 0.2) is 0 Å². The lowest BCUT2D eigenvalue weighted by atomic mass is 9.59. The van der Waals surface area contributed by atoms with E-state index in [0.29, 0.717) is 24.0 Å². The van der Waals surface area contributed by atoms with Gasteiger partial charge in [-0.2, -0.15) is 0 Å². The number of fused-ring (bicyclic) bond motifs is 5. The van der Waals surface area contributed by atoms with Crippen LogP contribution in [0.4, 0.5) is 0 Å². The minimum Gasteiger partial charge on any atom is -0.396 e. The number of rotatable bonds is 14. The van der Waals surface area contributed by atoms with Crippen molar-refractivity contribution in [2.75, 3.05) is 13.2 Å². The van der Waals surface area contributed by atoms with Crippen molar-refractivity contribution in [1.82, 2.24) is 0 Å². The fourth-order valence-electron chi connectivity index (χ4n) is 13.5. The fourth-order valence-corrected chi connectivity index (χ4v) is 13.5. The zero-order chi connectivity index (χ0) is 29.9. The Morgan fingerprint density at radius 1 is 0.744 bits per heavy atom. The summed E-state index contributed by atoms with van der Waals surface area (Å²) in [6.07, 6.45) is 36.3. The number of allylic oxidation sites excluding steroid dienone is 4. The predicted octanol–water partition coefficient (Wildman–Crippen LogP) is 10.8. The number of aliphatic hydroxyl groups is 2. The summed E-state index contributed by atoms with van der Waals surface area (Å²) in [6, 6.07) is 0. The quantitative estimate of drug-likeness (QED) is 0.197. The van der Waals surface area contributed by atoms with Crippen LogP contribution >= 0.6 is 0 Å². The second-order valence-electron chi connectivity index (χ2n) is 16.9. The van der Waals surface area contributed by atoms with Crippen LogP contribution in [0.15, 0.2) is 23.3 Å². The summed E-state index contributed by atoms with van der Waals surface area (Å²) in [5.41, 5.74) is 4.74. The third-order valence-electron chi connectivity index (χ3n) is 15.0. The normalized spacial score (nSPS) is 40.1. The minimum atomic E-state index is 0.366. The Labute approximate surface area is 266 Å². The third-order valence-corrected chi connectivity index (χ3v) is 15.0. The molecule has 0 aromatic rings. The molecule has 2 N–H and O–H groups in total. The molecule has 0 aromatic carbocycles. The van der Waals surface area contributed by atoms with Gasteiger partial charge in [0.1, 0.15) is 0 Å². The summed E-state index contributed by atoms with van der Waals surface area (Å²) in [6.45, 7) is 5.84. The Morgan fingerprint density at radius 3 is 2.28 bits per heavy atom. The summed E-state index contributed by atoms with van der Waals surface area (Å²) in [5, 5.41) is 20.1. The molecule has 0 amide bonds. The SMILES string of the molecule is CCC(CC[C@@H](C)CC1(CCCO)C2CC=CCC2[C@@H]2CCCCC21)CC1(CCCO)C2=C(CCCC2)C2CCCCC21. The van der Waals surface area contributed by atoms with Crippen LogP contribution in [0.2, 0.25) is 0 Å². The van der Waals surface area contributed by atoms with Gasteiger partial charge in [-0.25, -0.2) is 0 Å². The number of hydrogen-bond donors (Lipinski definition) is 2. The molecule has 0 aliphatic heterocycles. The average Bonchev–Trinajstić information content (AvgIpc) is 3.49. The first kappa shape index (κ1) is 32.3. The molecule has 0 bridgehead atoms. The average molecular weight is 593 g/mol. The molecular formula is C41H68O2. The van der Waals surface area contributed by atoms with E-state index in [1.807, 2.05) is 11.1 Å². The van der Waals surface area contributed by atoms with E-state index in [0.717, 1.165) is 60.2 Å². The smallest absolute Gasteiger partial charge is 0.0431 e. The molecule has 10 atom stereocenters. The lowest BCUT2D eigenvalue weighted by Gasteiger charge is -2.46. The van der Waals surface area contributed by atoms with E-state index in [-0.39, 0.29) is 0 Å². The summed E-state index contributed by atoms with van der Waals surface area (Å²) < 4.78 is 0. The van der Waals surface area contributed by atoms with Crippen LogP contribution in [-0.2, 0) is 0 Å². The Bertz CT molecular complexity index is 965. The molecule has 3 saturated carbocycles. The number of aliphatic hydroxyl groups excluding tert-OH is 2. The first-order chi connectivity index (χ1) is 21.1. The second-order valence-corrected chi connectivity index (χ2v) is 16.9. The van der Waals surface area contributed by atoms with E-state index in [9.17, 15) is 10.2 Å². The van der Waals surface area contributed by atoms with E-state index < -0.39 is 0 Å². The Morgan fingerprint density at radius 2 is 1.47 bits per heavy atom. The Kier molecular flexibility index (Phi) is 10.9. The lowest BCUT2D eigenvalue weighted by Crippen LogP contribution is -2.37. The summed E-state index contributed by atoms with van der Waals surface area (Å²) >= 11 is 0. The molecule has 0 saturated heterocycles. The van der Waals surface area contributed by atoms with E-state index in [2.05, 4.69) is 26.0 Å². The van der Waals surface area contributed by atoms with Crippen LogP contribution < -0.4 is 0 Å². The molecule has 3 fully saturated rings. The highest BCUT2D eigenvalue weighted by Gasteiger charge is 2.59. The van der Waals surface area contributed by atoms with E-state index in [1.165, 1.54) is 135 Å². The van der Waals surface area contributed by atoms with Gasteiger partial charge in [-0.05, 0) is 161 Å². The molecule has 0 aromatic heterocycles. The molecule has 2 heteroatoms. The van der Waals surface area contributed by atoms with Gasteiger partial charge < -0.3 is 10.2 Å². The molecule has 6 aliphatic rings. The Balaban J connectivity index is 1.18. The van der Waals surface area contributed by atoms with Crippen LogP contribution in [0.25, 0.3) is 0 Å². The largest absolute Gasteiger partial charge is 0.396 e. The van der Waals surface area contributed by atoms with Gasteiger partial charge in [-0.3, -0.25) is 0 Å². The van der Waals surface area contributed by atoms with E-state index in [4.69, 9.17) is 0 Å². The van der Waals surface area contributed by atoms with Crippen molar-refractivity contribution in [1.29, 1.82) is 0 Å². The maximum atomic E-state index is 10.1. The third kappa shape index (κ3) is 6.13. The van der Waals surface area contributed by atoms with Gasteiger partial charge in [0, 0.05) is 13.2 Å². The molecule has 43 heavy (non-hydrogen) atoms. The van der Waals surface area contributed by atoms with Crippen molar-refractivity contribution in [3.05, 3.63) is 23.3 Å². The fraction of sp³-hybridized carbons (Fsp3) is 0.902. The van der Waals surface area contributed by atoms with Crippen molar-refractivity contribution in [2.45, 2.75) is 162 Å². The molecule has 0 radical (unpaired) electrons. The van der Waals surface area contributed by atoms with Gasteiger partial charge in [0.05, 0.1) is 0 Å². The van der Waals surface area contributed by atoms with Gasteiger partial charge in [-0.15, -0.1) is 0 Å².